The third kappa shape index (κ3) is 2.60. The van der Waals surface area contributed by atoms with Crippen LogP contribution in [0.4, 0.5) is 0 Å². The summed E-state index contributed by atoms with van der Waals surface area (Å²) in [6, 6.07) is 8.75. The number of H-pyrrole nitrogens is 1. The summed E-state index contributed by atoms with van der Waals surface area (Å²) in [5.74, 6) is 1.48. The van der Waals surface area contributed by atoms with E-state index in [-0.39, 0.29) is 0 Å². The molecule has 0 unspecified atom stereocenters. The lowest BCUT2D eigenvalue weighted by atomic mass is 10.1. The molecule has 1 aromatic carbocycles. The van der Waals surface area contributed by atoms with Gasteiger partial charge in [-0.05, 0) is 41.7 Å². The maximum Gasteiger partial charge on any atom is 0.155 e. The Morgan fingerprint density at radius 2 is 2.05 bits per heavy atom. The molecule has 2 heterocycles. The van der Waals surface area contributed by atoms with Gasteiger partial charge in [0.15, 0.2) is 5.82 Å². The summed E-state index contributed by atoms with van der Waals surface area (Å²) in [6.45, 7) is 6.64. The van der Waals surface area contributed by atoms with Crippen molar-refractivity contribution in [3.8, 4) is 11.5 Å². The molecule has 1 N–H and O–H groups in total. The number of benzene rings is 1. The Morgan fingerprint density at radius 3 is 2.71 bits per heavy atom. The van der Waals surface area contributed by atoms with E-state index >= 15 is 0 Å². The molecule has 0 aliphatic rings. The third-order valence-electron chi connectivity index (χ3n) is 4.02. The van der Waals surface area contributed by atoms with Crippen molar-refractivity contribution in [1.82, 2.24) is 14.5 Å². The van der Waals surface area contributed by atoms with E-state index < -0.39 is 0 Å². The molecule has 0 aliphatic heterocycles. The zero-order valence-corrected chi connectivity index (χ0v) is 13.3. The van der Waals surface area contributed by atoms with Crippen LogP contribution in [-0.4, -0.2) is 14.5 Å². The maximum absolute atomic E-state index is 4.74. The fourth-order valence-electron chi connectivity index (χ4n) is 2.76. The van der Waals surface area contributed by atoms with E-state index in [2.05, 4.69) is 67.8 Å². The Hall–Kier alpha value is -2.03. The quantitative estimate of drug-likeness (QED) is 0.742. The number of hydrogen-bond donors (Lipinski definition) is 1. The van der Waals surface area contributed by atoms with E-state index in [0.717, 1.165) is 29.0 Å². The van der Waals surface area contributed by atoms with Crippen LogP contribution >= 0.6 is 0 Å². The van der Waals surface area contributed by atoms with Gasteiger partial charge in [-0.15, -0.1) is 0 Å². The third-order valence-corrected chi connectivity index (χ3v) is 4.02. The lowest BCUT2D eigenvalue weighted by Gasteiger charge is -1.97. The lowest BCUT2D eigenvalue weighted by Crippen LogP contribution is -1.90. The maximum atomic E-state index is 4.74. The van der Waals surface area contributed by atoms with Gasteiger partial charge in [0, 0.05) is 13.2 Å². The summed E-state index contributed by atoms with van der Waals surface area (Å²) in [7, 11) is 2.08. The standard InChI is InChI=1S/C18H23N3/c1-5-6-13-7-8-15-16(9-13)20-18(19-15)17-10-14(12(2)3)11-21(17)4/h7-12H,5-6H2,1-4H3,(H,19,20). The molecule has 3 aromatic rings. The summed E-state index contributed by atoms with van der Waals surface area (Å²) in [5, 5.41) is 0. The number of nitrogens with zero attached hydrogens (tertiary/aromatic N) is 2. The molecule has 0 saturated carbocycles. The molecule has 0 amide bonds. The molecule has 2 aromatic heterocycles. The van der Waals surface area contributed by atoms with Crippen molar-refractivity contribution >= 4 is 11.0 Å². The van der Waals surface area contributed by atoms with Crippen LogP contribution < -0.4 is 0 Å². The van der Waals surface area contributed by atoms with Gasteiger partial charge < -0.3 is 9.55 Å². The van der Waals surface area contributed by atoms with E-state index in [1.54, 1.807) is 0 Å². The fraction of sp³-hybridized carbons (Fsp3) is 0.389. The molecule has 0 spiro atoms. The second-order valence-corrected chi connectivity index (χ2v) is 6.11. The first-order valence-electron chi connectivity index (χ1n) is 7.73. The highest BCUT2D eigenvalue weighted by molar-refractivity contribution is 5.79. The zero-order valence-electron chi connectivity index (χ0n) is 13.3. The topological polar surface area (TPSA) is 33.6 Å². The van der Waals surface area contributed by atoms with Crippen molar-refractivity contribution in [2.45, 2.75) is 39.5 Å². The Morgan fingerprint density at radius 1 is 1.24 bits per heavy atom. The minimum atomic E-state index is 0.533. The number of hydrogen-bond acceptors (Lipinski definition) is 1. The first-order chi connectivity index (χ1) is 10.1. The average molecular weight is 281 g/mol. The van der Waals surface area contributed by atoms with Gasteiger partial charge in [0.2, 0.25) is 0 Å². The van der Waals surface area contributed by atoms with E-state index in [1.165, 1.54) is 17.5 Å². The molecule has 3 heteroatoms. The fourth-order valence-corrected chi connectivity index (χ4v) is 2.76. The van der Waals surface area contributed by atoms with Crippen LogP contribution in [0, 0.1) is 0 Å². The highest BCUT2D eigenvalue weighted by Gasteiger charge is 2.12. The highest BCUT2D eigenvalue weighted by Crippen LogP contribution is 2.26. The van der Waals surface area contributed by atoms with Crippen molar-refractivity contribution in [1.29, 1.82) is 0 Å². The van der Waals surface area contributed by atoms with Gasteiger partial charge in [0.05, 0.1) is 16.7 Å². The molecule has 3 rings (SSSR count). The summed E-state index contributed by atoms with van der Waals surface area (Å²) >= 11 is 0. The van der Waals surface area contributed by atoms with Gasteiger partial charge in [-0.1, -0.05) is 33.3 Å². The predicted molar refractivity (Wildman–Crippen MR) is 88.6 cm³/mol. The Kier molecular flexibility index (Phi) is 3.58. The Labute approximate surface area is 126 Å². The molecule has 0 aliphatic carbocycles. The number of aromatic nitrogens is 3. The SMILES string of the molecule is CCCc1ccc2nc(-c3cc(C(C)C)cn3C)[nH]c2c1. The largest absolute Gasteiger partial charge is 0.348 e. The first kappa shape index (κ1) is 13.9. The van der Waals surface area contributed by atoms with Crippen molar-refractivity contribution in [3.63, 3.8) is 0 Å². The summed E-state index contributed by atoms with van der Waals surface area (Å²) < 4.78 is 2.15. The Bertz CT molecular complexity index is 762. The van der Waals surface area contributed by atoms with Gasteiger partial charge in [0.1, 0.15) is 0 Å². The van der Waals surface area contributed by atoms with E-state index in [0.29, 0.717) is 5.92 Å². The summed E-state index contributed by atoms with van der Waals surface area (Å²) in [4.78, 5) is 8.21. The molecule has 0 atom stereocenters. The lowest BCUT2D eigenvalue weighted by molar-refractivity contribution is 0.850. The van der Waals surface area contributed by atoms with E-state index in [9.17, 15) is 0 Å². The molecular formula is C18H23N3. The first-order valence-corrected chi connectivity index (χ1v) is 7.73. The second-order valence-electron chi connectivity index (χ2n) is 6.11. The van der Waals surface area contributed by atoms with Gasteiger partial charge in [-0.3, -0.25) is 0 Å². The highest BCUT2D eigenvalue weighted by atomic mass is 15.0. The zero-order chi connectivity index (χ0) is 15.0. The number of fused-ring (bicyclic) bond motifs is 1. The van der Waals surface area contributed by atoms with Gasteiger partial charge in [0.25, 0.3) is 0 Å². The second kappa shape index (κ2) is 5.40. The molecule has 110 valence electrons. The summed E-state index contributed by atoms with van der Waals surface area (Å²) in [6.07, 6.45) is 4.48. The molecule has 0 bridgehead atoms. The number of aryl methyl sites for hydroxylation is 2. The van der Waals surface area contributed by atoms with Gasteiger partial charge >= 0.3 is 0 Å². The van der Waals surface area contributed by atoms with E-state index in [4.69, 9.17) is 4.98 Å². The minimum absolute atomic E-state index is 0.533. The van der Waals surface area contributed by atoms with Gasteiger partial charge in [-0.25, -0.2) is 4.98 Å². The van der Waals surface area contributed by atoms with Crippen LogP contribution in [0.2, 0.25) is 0 Å². The van der Waals surface area contributed by atoms with Crippen LogP contribution in [0.15, 0.2) is 30.5 Å². The van der Waals surface area contributed by atoms with Crippen molar-refractivity contribution in [2.75, 3.05) is 0 Å². The average Bonchev–Trinajstić information content (AvgIpc) is 3.01. The predicted octanol–water partition coefficient (Wildman–Crippen LogP) is 4.64. The number of nitrogens with one attached hydrogen (secondary N) is 1. The van der Waals surface area contributed by atoms with Crippen LogP contribution in [0.3, 0.4) is 0 Å². The van der Waals surface area contributed by atoms with Crippen LogP contribution in [0.25, 0.3) is 22.6 Å². The van der Waals surface area contributed by atoms with Crippen molar-refractivity contribution in [3.05, 3.63) is 41.6 Å². The number of rotatable bonds is 4. The van der Waals surface area contributed by atoms with Crippen LogP contribution in [0.1, 0.15) is 44.2 Å². The minimum Gasteiger partial charge on any atom is -0.348 e. The number of aromatic amines is 1. The monoisotopic (exact) mass is 281 g/mol. The van der Waals surface area contributed by atoms with Crippen LogP contribution in [0.5, 0.6) is 0 Å². The molecule has 0 saturated heterocycles. The van der Waals surface area contributed by atoms with Crippen LogP contribution in [-0.2, 0) is 13.5 Å². The van der Waals surface area contributed by atoms with Crippen molar-refractivity contribution < 1.29 is 0 Å². The van der Waals surface area contributed by atoms with Crippen molar-refractivity contribution in [2.24, 2.45) is 7.05 Å². The molecule has 21 heavy (non-hydrogen) atoms. The Balaban J connectivity index is 2.04. The molecular weight excluding hydrogens is 258 g/mol. The normalized spacial score (nSPS) is 11.7. The molecule has 0 radical (unpaired) electrons. The number of imidazole rings is 1. The van der Waals surface area contributed by atoms with E-state index in [1.807, 2.05) is 0 Å². The summed E-state index contributed by atoms with van der Waals surface area (Å²) in [5.41, 5.74) is 6.03. The van der Waals surface area contributed by atoms with Gasteiger partial charge in [-0.2, -0.15) is 0 Å². The smallest absolute Gasteiger partial charge is 0.155 e. The molecule has 0 fully saturated rings. The molecule has 3 nitrogen and oxygen atoms in total.